The molecule has 154 valence electrons. The lowest BCUT2D eigenvalue weighted by molar-refractivity contribution is 0.102. The molecule has 0 unspecified atom stereocenters. The average molecular weight is 434 g/mol. The van der Waals surface area contributed by atoms with E-state index in [1.165, 1.54) is 29.3 Å². The van der Waals surface area contributed by atoms with E-state index >= 15 is 0 Å². The predicted octanol–water partition coefficient (Wildman–Crippen LogP) is 5.29. The molecule has 1 N–H and O–H groups in total. The quantitative estimate of drug-likeness (QED) is 0.476. The Balaban J connectivity index is 1.53. The Kier molecular flexibility index (Phi) is 4.99. The second kappa shape index (κ2) is 7.96. The number of hydrogen-bond acceptors (Lipinski definition) is 5. The number of carbonyl (C=O) groups excluding carboxylic acids is 1. The molecule has 0 spiro atoms. The minimum Gasteiger partial charge on any atom is -0.315 e. The molecule has 4 aromatic rings. The van der Waals surface area contributed by atoms with Crippen LogP contribution in [-0.2, 0) is 12.8 Å². The summed E-state index contributed by atoms with van der Waals surface area (Å²) in [4.78, 5) is 26.3. The third-order valence-electron chi connectivity index (χ3n) is 5.20. The highest BCUT2D eigenvalue weighted by atomic mass is 32.1. The number of para-hydroxylation sites is 1. The number of aromatic nitrogens is 3. The number of hydrogen-bond donors (Lipinski definition) is 1. The first kappa shape index (κ1) is 19.4. The molecule has 1 aliphatic rings. The zero-order chi connectivity index (χ0) is 21.4. The molecule has 1 aliphatic carbocycles. The van der Waals surface area contributed by atoms with Gasteiger partial charge in [-0.05, 0) is 54.2 Å². The van der Waals surface area contributed by atoms with Crippen molar-refractivity contribution in [2.45, 2.75) is 19.3 Å². The SMILES string of the molecule is O=C(Nc1c(F)cccc1F)c1nc2c(s1)-c1cc(-c3cncnc3)ccc1CCC2. The Morgan fingerprint density at radius 2 is 1.77 bits per heavy atom. The number of fused-ring (bicyclic) bond motifs is 3. The molecule has 0 radical (unpaired) electrons. The lowest BCUT2D eigenvalue weighted by atomic mass is 9.98. The van der Waals surface area contributed by atoms with Gasteiger partial charge in [-0.25, -0.2) is 23.7 Å². The van der Waals surface area contributed by atoms with Crippen molar-refractivity contribution in [2.75, 3.05) is 5.32 Å². The van der Waals surface area contributed by atoms with Gasteiger partial charge in [-0.1, -0.05) is 18.2 Å². The van der Waals surface area contributed by atoms with Crippen LogP contribution >= 0.6 is 11.3 Å². The molecule has 2 heterocycles. The topological polar surface area (TPSA) is 67.8 Å². The van der Waals surface area contributed by atoms with Gasteiger partial charge in [0.25, 0.3) is 5.91 Å². The number of nitrogens with one attached hydrogen (secondary N) is 1. The second-order valence-electron chi connectivity index (χ2n) is 7.20. The van der Waals surface area contributed by atoms with E-state index in [1.54, 1.807) is 12.4 Å². The summed E-state index contributed by atoms with van der Waals surface area (Å²) in [7, 11) is 0. The maximum absolute atomic E-state index is 13.9. The van der Waals surface area contributed by atoms with Gasteiger partial charge in [0, 0.05) is 18.0 Å². The second-order valence-corrected chi connectivity index (χ2v) is 8.20. The summed E-state index contributed by atoms with van der Waals surface area (Å²) in [5, 5.41) is 2.50. The Bertz CT molecular complexity index is 1270. The van der Waals surface area contributed by atoms with Crippen LogP contribution in [0.25, 0.3) is 21.6 Å². The van der Waals surface area contributed by atoms with Crippen molar-refractivity contribution in [1.82, 2.24) is 15.0 Å². The molecule has 0 fully saturated rings. The molecule has 2 aromatic heterocycles. The van der Waals surface area contributed by atoms with E-state index in [9.17, 15) is 13.6 Å². The molecule has 2 aromatic carbocycles. The molecular weight excluding hydrogens is 418 g/mol. The van der Waals surface area contributed by atoms with Gasteiger partial charge in [0.05, 0.1) is 10.6 Å². The first-order valence-electron chi connectivity index (χ1n) is 9.74. The normalized spacial score (nSPS) is 12.6. The van der Waals surface area contributed by atoms with E-state index in [-0.39, 0.29) is 5.01 Å². The van der Waals surface area contributed by atoms with E-state index in [1.807, 2.05) is 6.07 Å². The van der Waals surface area contributed by atoms with Gasteiger partial charge in [-0.15, -0.1) is 11.3 Å². The summed E-state index contributed by atoms with van der Waals surface area (Å²) in [5.74, 6) is -2.28. The Morgan fingerprint density at radius 1 is 1.00 bits per heavy atom. The van der Waals surface area contributed by atoms with Gasteiger partial charge in [-0.2, -0.15) is 0 Å². The van der Waals surface area contributed by atoms with Crippen LogP contribution in [0.3, 0.4) is 0 Å². The third-order valence-corrected chi connectivity index (χ3v) is 6.33. The predicted molar refractivity (Wildman–Crippen MR) is 115 cm³/mol. The molecule has 5 nitrogen and oxygen atoms in total. The van der Waals surface area contributed by atoms with Crippen LogP contribution in [0.15, 0.2) is 55.1 Å². The van der Waals surface area contributed by atoms with Gasteiger partial charge in [-0.3, -0.25) is 4.79 Å². The fraction of sp³-hybridized carbons (Fsp3) is 0.130. The van der Waals surface area contributed by atoms with Crippen molar-refractivity contribution in [3.8, 4) is 21.6 Å². The van der Waals surface area contributed by atoms with Crippen LogP contribution in [0.4, 0.5) is 14.5 Å². The van der Waals surface area contributed by atoms with Crippen molar-refractivity contribution in [2.24, 2.45) is 0 Å². The summed E-state index contributed by atoms with van der Waals surface area (Å²) < 4.78 is 27.9. The van der Waals surface area contributed by atoms with Crippen molar-refractivity contribution >= 4 is 22.9 Å². The van der Waals surface area contributed by atoms with Gasteiger partial charge < -0.3 is 5.32 Å². The Hall–Kier alpha value is -3.52. The number of halogens is 2. The molecule has 5 rings (SSSR count). The van der Waals surface area contributed by atoms with Gasteiger partial charge in [0.2, 0.25) is 0 Å². The van der Waals surface area contributed by atoms with Gasteiger partial charge in [0.1, 0.15) is 23.6 Å². The Morgan fingerprint density at radius 3 is 2.55 bits per heavy atom. The number of aryl methyl sites for hydroxylation is 2. The number of amides is 1. The number of thiazole rings is 1. The van der Waals surface area contributed by atoms with E-state index in [2.05, 4.69) is 32.4 Å². The molecule has 0 atom stereocenters. The number of carbonyl (C=O) groups is 1. The fourth-order valence-corrected chi connectivity index (χ4v) is 4.75. The zero-order valence-corrected chi connectivity index (χ0v) is 17.0. The fourth-order valence-electron chi connectivity index (χ4n) is 3.69. The lowest BCUT2D eigenvalue weighted by Crippen LogP contribution is -2.14. The highest BCUT2D eigenvalue weighted by molar-refractivity contribution is 7.17. The van der Waals surface area contributed by atoms with E-state index < -0.39 is 23.2 Å². The van der Waals surface area contributed by atoms with Crippen LogP contribution in [-0.4, -0.2) is 20.9 Å². The van der Waals surface area contributed by atoms with E-state index in [0.717, 1.165) is 58.7 Å². The molecular formula is C23H16F2N4OS. The summed E-state index contributed by atoms with van der Waals surface area (Å²) in [6.45, 7) is 0. The van der Waals surface area contributed by atoms with Crippen LogP contribution in [0, 0.1) is 11.6 Å². The molecule has 0 saturated heterocycles. The lowest BCUT2D eigenvalue weighted by Gasteiger charge is -2.09. The molecule has 0 saturated carbocycles. The molecule has 1 amide bonds. The van der Waals surface area contributed by atoms with E-state index in [0.29, 0.717) is 0 Å². The number of anilines is 1. The van der Waals surface area contributed by atoms with Crippen LogP contribution in [0.1, 0.15) is 27.5 Å². The van der Waals surface area contributed by atoms with Gasteiger partial charge >= 0.3 is 0 Å². The number of benzene rings is 2. The van der Waals surface area contributed by atoms with Crippen molar-refractivity contribution in [3.05, 3.63) is 83.0 Å². The standard InChI is InChI=1S/C23H16F2N4OS/c24-17-4-2-5-18(25)20(17)29-22(30)23-28-19-6-1-3-13-7-8-14(9-16(13)21(19)31-23)15-10-26-12-27-11-15/h2,4-5,7-12H,1,3,6H2,(H,29,30). The molecule has 31 heavy (non-hydrogen) atoms. The van der Waals surface area contributed by atoms with Crippen LogP contribution < -0.4 is 5.32 Å². The smallest absolute Gasteiger partial charge is 0.284 e. The highest BCUT2D eigenvalue weighted by Crippen LogP contribution is 2.39. The first-order chi connectivity index (χ1) is 15.1. The molecule has 0 bridgehead atoms. The Labute approximate surface area is 180 Å². The summed E-state index contributed by atoms with van der Waals surface area (Å²) in [6.07, 6.45) is 7.53. The van der Waals surface area contributed by atoms with Crippen molar-refractivity contribution < 1.29 is 13.6 Å². The highest BCUT2D eigenvalue weighted by Gasteiger charge is 2.23. The van der Waals surface area contributed by atoms with Gasteiger partial charge in [0.15, 0.2) is 5.01 Å². The molecule has 8 heteroatoms. The molecule has 0 aliphatic heterocycles. The zero-order valence-electron chi connectivity index (χ0n) is 16.2. The van der Waals surface area contributed by atoms with E-state index in [4.69, 9.17) is 0 Å². The maximum Gasteiger partial charge on any atom is 0.284 e. The van der Waals surface area contributed by atoms with Crippen LogP contribution in [0.2, 0.25) is 0 Å². The largest absolute Gasteiger partial charge is 0.315 e. The van der Waals surface area contributed by atoms with Crippen molar-refractivity contribution in [1.29, 1.82) is 0 Å². The third kappa shape index (κ3) is 3.70. The average Bonchev–Trinajstić information content (AvgIpc) is 3.14. The number of rotatable bonds is 3. The summed E-state index contributed by atoms with van der Waals surface area (Å²) in [5.41, 5.74) is 4.42. The summed E-state index contributed by atoms with van der Waals surface area (Å²) in [6, 6.07) is 9.63. The maximum atomic E-state index is 13.9. The van der Waals surface area contributed by atoms with Crippen LogP contribution in [0.5, 0.6) is 0 Å². The van der Waals surface area contributed by atoms with Crippen molar-refractivity contribution in [3.63, 3.8) is 0 Å². The first-order valence-corrected chi connectivity index (χ1v) is 10.6. The summed E-state index contributed by atoms with van der Waals surface area (Å²) >= 11 is 1.24. The minimum atomic E-state index is -0.827. The number of nitrogens with zero attached hydrogens (tertiary/aromatic N) is 3. The minimum absolute atomic E-state index is 0.175. The monoisotopic (exact) mass is 434 g/mol.